The number of nitrogens with zero attached hydrogens (tertiary/aromatic N) is 1. The number of hydrogen-bond donors (Lipinski definition) is 1. The van der Waals surface area contributed by atoms with Crippen molar-refractivity contribution in [3.63, 3.8) is 0 Å². The quantitative estimate of drug-likeness (QED) is 0.782. The number of likely N-dealkylation sites (tertiary alicyclic amines) is 1. The molecular formula is C17H24N2O3. The summed E-state index contributed by atoms with van der Waals surface area (Å²) in [6.45, 7) is 3.77. The van der Waals surface area contributed by atoms with Crippen molar-refractivity contribution in [1.82, 2.24) is 4.90 Å². The monoisotopic (exact) mass is 304 g/mol. The molecule has 0 aromatic heterocycles. The van der Waals surface area contributed by atoms with Crippen molar-refractivity contribution in [2.75, 3.05) is 19.7 Å². The van der Waals surface area contributed by atoms with Gasteiger partial charge >= 0.3 is 0 Å². The van der Waals surface area contributed by atoms with Gasteiger partial charge in [-0.2, -0.15) is 0 Å². The number of unbranched alkanes of at least 4 members (excludes halogenated alkanes) is 1. The maximum Gasteiger partial charge on any atom is 0.222 e. The molecule has 0 bridgehead atoms. The molecule has 0 radical (unpaired) electrons. The van der Waals surface area contributed by atoms with E-state index in [1.807, 2.05) is 31.2 Å². The first kappa shape index (κ1) is 16.3. The van der Waals surface area contributed by atoms with Gasteiger partial charge in [0.2, 0.25) is 11.8 Å². The Balaban J connectivity index is 1.61. The molecule has 1 atom stereocenters. The molecule has 1 unspecified atom stereocenters. The van der Waals surface area contributed by atoms with Gasteiger partial charge in [-0.3, -0.25) is 9.59 Å². The second-order valence-corrected chi connectivity index (χ2v) is 5.85. The van der Waals surface area contributed by atoms with Gasteiger partial charge < -0.3 is 15.4 Å². The lowest BCUT2D eigenvalue weighted by Gasteiger charge is -2.15. The summed E-state index contributed by atoms with van der Waals surface area (Å²) in [5.74, 6) is 0.505. The number of hydrogen-bond acceptors (Lipinski definition) is 3. The fourth-order valence-electron chi connectivity index (χ4n) is 2.65. The molecule has 1 heterocycles. The van der Waals surface area contributed by atoms with Crippen LogP contribution < -0.4 is 10.5 Å². The molecule has 2 amide bonds. The molecule has 2 rings (SSSR count). The van der Waals surface area contributed by atoms with E-state index in [9.17, 15) is 9.59 Å². The molecule has 0 spiro atoms. The normalized spacial score (nSPS) is 17.5. The molecular weight excluding hydrogens is 280 g/mol. The van der Waals surface area contributed by atoms with Gasteiger partial charge in [0.05, 0.1) is 12.5 Å². The van der Waals surface area contributed by atoms with Crippen LogP contribution in [0.15, 0.2) is 24.3 Å². The predicted octanol–water partition coefficient (Wildman–Crippen LogP) is 1.88. The van der Waals surface area contributed by atoms with Crippen molar-refractivity contribution in [2.45, 2.75) is 32.6 Å². The maximum absolute atomic E-state index is 12.0. The Morgan fingerprint density at radius 2 is 2.18 bits per heavy atom. The Morgan fingerprint density at radius 1 is 1.36 bits per heavy atom. The van der Waals surface area contributed by atoms with Crippen molar-refractivity contribution in [2.24, 2.45) is 11.7 Å². The van der Waals surface area contributed by atoms with Crippen LogP contribution >= 0.6 is 0 Å². The summed E-state index contributed by atoms with van der Waals surface area (Å²) in [4.78, 5) is 24.9. The number of carbonyl (C=O) groups is 2. The van der Waals surface area contributed by atoms with Gasteiger partial charge in [-0.15, -0.1) is 0 Å². The molecule has 1 fully saturated rings. The zero-order valence-corrected chi connectivity index (χ0v) is 13.1. The van der Waals surface area contributed by atoms with E-state index in [0.717, 1.165) is 18.6 Å². The Morgan fingerprint density at radius 3 is 2.86 bits per heavy atom. The van der Waals surface area contributed by atoms with Crippen LogP contribution in [-0.4, -0.2) is 36.4 Å². The summed E-state index contributed by atoms with van der Waals surface area (Å²) in [7, 11) is 0. The number of ether oxygens (including phenoxy) is 1. The van der Waals surface area contributed by atoms with Crippen molar-refractivity contribution in [3.05, 3.63) is 29.8 Å². The highest BCUT2D eigenvalue weighted by Crippen LogP contribution is 2.17. The largest absolute Gasteiger partial charge is 0.494 e. The third kappa shape index (κ3) is 4.76. The first-order chi connectivity index (χ1) is 10.6. The molecule has 1 aliphatic rings. The molecule has 120 valence electrons. The number of amides is 2. The van der Waals surface area contributed by atoms with Crippen LogP contribution in [0.4, 0.5) is 0 Å². The summed E-state index contributed by atoms with van der Waals surface area (Å²) in [6.07, 6.45) is 2.83. The molecule has 5 nitrogen and oxygen atoms in total. The minimum Gasteiger partial charge on any atom is -0.494 e. The molecule has 0 aliphatic carbocycles. The van der Waals surface area contributed by atoms with Crippen molar-refractivity contribution < 1.29 is 14.3 Å². The molecule has 0 saturated carbocycles. The topological polar surface area (TPSA) is 72.6 Å². The van der Waals surface area contributed by atoms with Crippen LogP contribution in [-0.2, 0) is 9.59 Å². The summed E-state index contributed by atoms with van der Waals surface area (Å²) in [5.41, 5.74) is 6.44. The van der Waals surface area contributed by atoms with E-state index >= 15 is 0 Å². The van der Waals surface area contributed by atoms with Crippen molar-refractivity contribution in [3.8, 4) is 5.75 Å². The Kier molecular flexibility index (Phi) is 5.81. The summed E-state index contributed by atoms with van der Waals surface area (Å²) in [5, 5.41) is 0. The highest BCUT2D eigenvalue weighted by molar-refractivity contribution is 5.81. The number of benzene rings is 1. The lowest BCUT2D eigenvalue weighted by molar-refractivity contribution is -0.130. The van der Waals surface area contributed by atoms with Gasteiger partial charge in [-0.05, 0) is 43.9 Å². The lowest BCUT2D eigenvalue weighted by atomic mass is 10.1. The van der Waals surface area contributed by atoms with E-state index in [2.05, 4.69) is 0 Å². The number of nitrogens with two attached hydrogens (primary N) is 1. The smallest absolute Gasteiger partial charge is 0.222 e. The minimum atomic E-state index is -0.304. The third-order valence-electron chi connectivity index (χ3n) is 3.99. The van der Waals surface area contributed by atoms with E-state index in [4.69, 9.17) is 10.5 Å². The predicted molar refractivity (Wildman–Crippen MR) is 84.4 cm³/mol. The molecule has 22 heavy (non-hydrogen) atoms. The summed E-state index contributed by atoms with van der Waals surface area (Å²) in [6, 6.07) is 7.93. The summed E-state index contributed by atoms with van der Waals surface area (Å²) >= 11 is 0. The van der Waals surface area contributed by atoms with Gasteiger partial charge in [-0.25, -0.2) is 0 Å². The Hall–Kier alpha value is -2.04. The van der Waals surface area contributed by atoms with E-state index in [-0.39, 0.29) is 17.7 Å². The average molecular weight is 304 g/mol. The van der Waals surface area contributed by atoms with Crippen molar-refractivity contribution >= 4 is 11.8 Å². The molecule has 1 aliphatic heterocycles. The van der Waals surface area contributed by atoms with Crippen LogP contribution in [0.3, 0.4) is 0 Å². The standard InChI is InChI=1S/C17H24N2O3/c1-13-5-4-6-15(11-13)22-10-3-2-7-16(20)19-9-8-14(12-19)17(18)21/h4-6,11,14H,2-3,7-10,12H2,1H3,(H2,18,21). The molecule has 2 N–H and O–H groups in total. The number of primary amides is 1. The van der Waals surface area contributed by atoms with E-state index in [0.29, 0.717) is 32.5 Å². The molecule has 1 saturated heterocycles. The third-order valence-corrected chi connectivity index (χ3v) is 3.99. The number of rotatable bonds is 7. The van der Waals surface area contributed by atoms with Gasteiger partial charge in [0, 0.05) is 19.5 Å². The highest BCUT2D eigenvalue weighted by atomic mass is 16.5. The van der Waals surface area contributed by atoms with Gasteiger partial charge in [-0.1, -0.05) is 12.1 Å². The second-order valence-electron chi connectivity index (χ2n) is 5.85. The van der Waals surface area contributed by atoms with E-state index in [1.165, 1.54) is 5.56 Å². The second kappa shape index (κ2) is 7.82. The Bertz CT molecular complexity index is 530. The number of carbonyl (C=O) groups excluding carboxylic acids is 2. The van der Waals surface area contributed by atoms with E-state index in [1.54, 1.807) is 4.90 Å². The maximum atomic E-state index is 12.0. The van der Waals surface area contributed by atoms with Crippen LogP contribution in [0.2, 0.25) is 0 Å². The first-order valence-electron chi connectivity index (χ1n) is 7.83. The molecule has 1 aromatic carbocycles. The van der Waals surface area contributed by atoms with E-state index < -0.39 is 0 Å². The fraction of sp³-hybridized carbons (Fsp3) is 0.529. The SMILES string of the molecule is Cc1cccc(OCCCCC(=O)N2CCC(C(N)=O)C2)c1. The lowest BCUT2D eigenvalue weighted by Crippen LogP contribution is -2.31. The van der Waals surface area contributed by atoms with Gasteiger partial charge in [0.15, 0.2) is 0 Å². The number of aryl methyl sites for hydroxylation is 1. The average Bonchev–Trinajstić information content (AvgIpc) is 2.97. The van der Waals surface area contributed by atoms with Gasteiger partial charge in [0.1, 0.15) is 5.75 Å². The zero-order valence-electron chi connectivity index (χ0n) is 13.1. The van der Waals surface area contributed by atoms with Gasteiger partial charge in [0.25, 0.3) is 0 Å². The van der Waals surface area contributed by atoms with Crippen LogP contribution in [0.1, 0.15) is 31.2 Å². The van der Waals surface area contributed by atoms with Crippen LogP contribution in [0.5, 0.6) is 5.75 Å². The Labute approximate surface area is 131 Å². The molecule has 5 heteroatoms. The highest BCUT2D eigenvalue weighted by Gasteiger charge is 2.29. The zero-order chi connectivity index (χ0) is 15.9. The van der Waals surface area contributed by atoms with Crippen LogP contribution in [0.25, 0.3) is 0 Å². The fourth-order valence-corrected chi connectivity index (χ4v) is 2.65. The van der Waals surface area contributed by atoms with Crippen molar-refractivity contribution in [1.29, 1.82) is 0 Å². The summed E-state index contributed by atoms with van der Waals surface area (Å²) < 4.78 is 5.66. The molecule has 1 aromatic rings. The minimum absolute atomic E-state index is 0.110. The first-order valence-corrected chi connectivity index (χ1v) is 7.83. The van der Waals surface area contributed by atoms with Crippen LogP contribution in [0, 0.1) is 12.8 Å².